The number of anilines is 1. The Morgan fingerprint density at radius 2 is 1.80 bits per heavy atom. The number of carbonyl (C=O) groups excluding carboxylic acids is 1. The van der Waals surface area contributed by atoms with Crippen molar-refractivity contribution in [2.75, 3.05) is 24.3 Å². The molecule has 25 heavy (non-hydrogen) atoms. The molecule has 0 saturated heterocycles. The molecule has 0 saturated carbocycles. The summed E-state index contributed by atoms with van der Waals surface area (Å²) < 4.78 is 11.1. The fraction of sp³-hybridized carbons (Fsp3) is 0.316. The van der Waals surface area contributed by atoms with E-state index in [9.17, 15) is 4.79 Å². The third-order valence-corrected chi connectivity index (χ3v) is 4.63. The third kappa shape index (κ3) is 6.18. The van der Waals surface area contributed by atoms with Gasteiger partial charge in [-0.05, 0) is 37.6 Å². The molecule has 0 radical (unpaired) electrons. The second-order valence-corrected chi connectivity index (χ2v) is 6.55. The van der Waals surface area contributed by atoms with Crippen LogP contribution in [-0.4, -0.2) is 24.9 Å². The molecule has 0 aliphatic heterocycles. The van der Waals surface area contributed by atoms with E-state index in [1.165, 1.54) is 11.8 Å². The van der Waals surface area contributed by atoms with E-state index in [4.69, 9.17) is 21.1 Å². The van der Waals surface area contributed by atoms with Crippen LogP contribution in [0.25, 0.3) is 0 Å². The molecule has 0 bridgehead atoms. The van der Waals surface area contributed by atoms with Gasteiger partial charge < -0.3 is 14.8 Å². The van der Waals surface area contributed by atoms with Crippen molar-refractivity contribution < 1.29 is 14.3 Å². The van der Waals surface area contributed by atoms with Crippen LogP contribution in [0.15, 0.2) is 42.5 Å². The zero-order valence-corrected chi connectivity index (χ0v) is 16.0. The van der Waals surface area contributed by atoms with Gasteiger partial charge in [0.15, 0.2) is 11.5 Å². The molecule has 4 nitrogen and oxygen atoms in total. The molecule has 134 valence electrons. The van der Waals surface area contributed by atoms with E-state index < -0.39 is 0 Å². The average Bonchev–Trinajstić information content (AvgIpc) is 2.59. The first-order chi connectivity index (χ1) is 12.1. The van der Waals surface area contributed by atoms with Crippen molar-refractivity contribution in [3.63, 3.8) is 0 Å². The van der Waals surface area contributed by atoms with Crippen molar-refractivity contribution in [2.24, 2.45) is 0 Å². The summed E-state index contributed by atoms with van der Waals surface area (Å²) in [5.74, 6) is 2.29. The first-order valence-electron chi connectivity index (χ1n) is 8.14. The Kier molecular flexibility index (Phi) is 7.95. The van der Waals surface area contributed by atoms with Gasteiger partial charge in [0.2, 0.25) is 5.91 Å². The molecule has 2 aromatic carbocycles. The van der Waals surface area contributed by atoms with Gasteiger partial charge in [-0.3, -0.25) is 4.79 Å². The van der Waals surface area contributed by atoms with Crippen LogP contribution in [0.5, 0.6) is 11.5 Å². The predicted octanol–water partition coefficient (Wildman–Crippen LogP) is 5.01. The predicted molar refractivity (Wildman–Crippen MR) is 105 cm³/mol. The summed E-state index contributed by atoms with van der Waals surface area (Å²) >= 11 is 7.64. The Morgan fingerprint density at radius 3 is 2.52 bits per heavy atom. The molecule has 2 aromatic rings. The average molecular weight is 380 g/mol. The lowest BCUT2D eigenvalue weighted by molar-refractivity contribution is -0.113. The number of hydrogen-bond donors (Lipinski definition) is 1. The van der Waals surface area contributed by atoms with E-state index in [2.05, 4.69) is 5.32 Å². The SMILES string of the molecule is CCOc1ccc(NC(=O)CSCc2ccccc2Cl)cc1OCC. The highest BCUT2D eigenvalue weighted by Gasteiger charge is 2.09. The Balaban J connectivity index is 1.89. The zero-order chi connectivity index (χ0) is 18.1. The number of benzene rings is 2. The van der Waals surface area contributed by atoms with E-state index >= 15 is 0 Å². The second kappa shape index (κ2) is 10.2. The summed E-state index contributed by atoms with van der Waals surface area (Å²) in [7, 11) is 0. The number of thioether (sulfide) groups is 1. The lowest BCUT2D eigenvalue weighted by Crippen LogP contribution is -2.14. The van der Waals surface area contributed by atoms with Crippen LogP contribution in [0.3, 0.4) is 0 Å². The number of halogens is 1. The highest BCUT2D eigenvalue weighted by Crippen LogP contribution is 2.30. The maximum absolute atomic E-state index is 12.1. The van der Waals surface area contributed by atoms with Crippen molar-refractivity contribution >= 4 is 35.0 Å². The molecular weight excluding hydrogens is 358 g/mol. The number of nitrogens with one attached hydrogen (secondary N) is 1. The highest BCUT2D eigenvalue weighted by atomic mass is 35.5. The lowest BCUT2D eigenvalue weighted by Gasteiger charge is -2.13. The Morgan fingerprint density at radius 1 is 1.08 bits per heavy atom. The molecule has 1 N–H and O–H groups in total. The van der Waals surface area contributed by atoms with Gasteiger partial charge >= 0.3 is 0 Å². The summed E-state index contributed by atoms with van der Waals surface area (Å²) in [6.45, 7) is 4.92. The first kappa shape index (κ1) is 19.5. The number of amides is 1. The van der Waals surface area contributed by atoms with Crippen molar-refractivity contribution in [2.45, 2.75) is 19.6 Å². The van der Waals surface area contributed by atoms with Crippen molar-refractivity contribution in [1.82, 2.24) is 0 Å². The van der Waals surface area contributed by atoms with Crippen molar-refractivity contribution in [3.8, 4) is 11.5 Å². The molecule has 6 heteroatoms. The lowest BCUT2D eigenvalue weighted by atomic mass is 10.2. The molecule has 0 heterocycles. The molecule has 1 amide bonds. The summed E-state index contributed by atoms with van der Waals surface area (Å²) in [5.41, 5.74) is 1.72. The fourth-order valence-corrected chi connectivity index (χ4v) is 3.31. The molecular formula is C19H22ClNO3S. The number of carbonyl (C=O) groups is 1. The number of hydrogen-bond acceptors (Lipinski definition) is 4. The molecule has 0 spiro atoms. The van der Waals surface area contributed by atoms with E-state index in [1.54, 1.807) is 12.1 Å². The van der Waals surface area contributed by atoms with E-state index in [0.29, 0.717) is 41.9 Å². The van der Waals surface area contributed by atoms with Gasteiger partial charge in [0.05, 0.1) is 19.0 Å². The quantitative estimate of drug-likeness (QED) is 0.665. The van der Waals surface area contributed by atoms with Gasteiger partial charge in [0.25, 0.3) is 0 Å². The topological polar surface area (TPSA) is 47.6 Å². The van der Waals surface area contributed by atoms with Crippen LogP contribution in [0, 0.1) is 0 Å². The largest absolute Gasteiger partial charge is 0.490 e. The molecule has 2 rings (SSSR count). The van der Waals surface area contributed by atoms with Crippen LogP contribution in [-0.2, 0) is 10.5 Å². The maximum Gasteiger partial charge on any atom is 0.234 e. The molecule has 0 atom stereocenters. The summed E-state index contributed by atoms with van der Waals surface area (Å²) in [6, 6.07) is 13.1. The highest BCUT2D eigenvalue weighted by molar-refractivity contribution is 7.99. The minimum absolute atomic E-state index is 0.0661. The third-order valence-electron chi connectivity index (χ3n) is 3.28. The normalized spacial score (nSPS) is 10.4. The minimum atomic E-state index is -0.0661. The van der Waals surface area contributed by atoms with Gasteiger partial charge in [-0.2, -0.15) is 0 Å². The first-order valence-corrected chi connectivity index (χ1v) is 9.68. The summed E-state index contributed by atoms with van der Waals surface area (Å²) in [4.78, 5) is 12.1. The second-order valence-electron chi connectivity index (χ2n) is 5.16. The van der Waals surface area contributed by atoms with E-state index in [0.717, 1.165) is 10.6 Å². The Bertz CT molecular complexity index is 709. The molecule has 0 aliphatic carbocycles. The van der Waals surface area contributed by atoms with Crippen molar-refractivity contribution in [1.29, 1.82) is 0 Å². The zero-order valence-electron chi connectivity index (χ0n) is 14.4. The van der Waals surface area contributed by atoms with Crippen LogP contribution in [0.4, 0.5) is 5.69 Å². The minimum Gasteiger partial charge on any atom is -0.490 e. The van der Waals surface area contributed by atoms with Gasteiger partial charge in [0, 0.05) is 22.5 Å². The van der Waals surface area contributed by atoms with Gasteiger partial charge in [-0.25, -0.2) is 0 Å². The standard InChI is InChI=1S/C19H22ClNO3S/c1-3-23-17-10-9-15(11-18(17)24-4-2)21-19(22)13-25-12-14-7-5-6-8-16(14)20/h5-11H,3-4,12-13H2,1-2H3,(H,21,22). The summed E-state index contributed by atoms with van der Waals surface area (Å²) in [5, 5.41) is 3.61. The maximum atomic E-state index is 12.1. The Labute approximate surface area is 157 Å². The molecule has 0 unspecified atom stereocenters. The van der Waals surface area contributed by atoms with E-state index in [1.807, 2.05) is 44.2 Å². The molecule has 0 aromatic heterocycles. The molecule has 0 fully saturated rings. The number of rotatable bonds is 9. The van der Waals surface area contributed by atoms with E-state index in [-0.39, 0.29) is 5.91 Å². The number of ether oxygens (including phenoxy) is 2. The van der Waals surface area contributed by atoms with Gasteiger partial charge in [-0.1, -0.05) is 29.8 Å². The van der Waals surface area contributed by atoms with Gasteiger partial charge in [-0.15, -0.1) is 11.8 Å². The van der Waals surface area contributed by atoms with Crippen LogP contribution in [0.1, 0.15) is 19.4 Å². The van der Waals surface area contributed by atoms with Crippen molar-refractivity contribution in [3.05, 3.63) is 53.1 Å². The summed E-state index contributed by atoms with van der Waals surface area (Å²) in [6.07, 6.45) is 0. The van der Waals surface area contributed by atoms with Crippen LogP contribution in [0.2, 0.25) is 5.02 Å². The molecule has 0 aliphatic rings. The van der Waals surface area contributed by atoms with Crippen LogP contribution >= 0.6 is 23.4 Å². The monoisotopic (exact) mass is 379 g/mol. The fourth-order valence-electron chi connectivity index (χ4n) is 2.20. The van der Waals surface area contributed by atoms with Crippen LogP contribution < -0.4 is 14.8 Å². The smallest absolute Gasteiger partial charge is 0.234 e. The Hall–Kier alpha value is -1.85. The van der Waals surface area contributed by atoms with Gasteiger partial charge in [0.1, 0.15) is 0 Å².